The summed E-state index contributed by atoms with van der Waals surface area (Å²) in [5.74, 6) is -2.09. The van der Waals surface area contributed by atoms with Crippen LogP contribution in [0.2, 0.25) is 0 Å². The van der Waals surface area contributed by atoms with E-state index < -0.39 is 18.2 Å². The van der Waals surface area contributed by atoms with Gasteiger partial charge in [-0.25, -0.2) is 14.8 Å². The second-order valence-electron chi connectivity index (χ2n) is 6.82. The first-order valence-electron chi connectivity index (χ1n) is 9.68. The topological polar surface area (TPSA) is 108 Å². The Morgan fingerprint density at radius 3 is 2.33 bits per heavy atom. The number of carboxylic acids is 1. The number of aliphatic hydroxyl groups is 1. The minimum absolute atomic E-state index is 0.371. The molecule has 0 aliphatic rings. The van der Waals surface area contributed by atoms with E-state index in [-0.39, 0.29) is 0 Å². The number of aliphatic hydroxyl groups excluding tert-OH is 1. The minimum Gasteiger partial charge on any atom is -0.475 e. The third kappa shape index (κ3) is 6.71. The number of hydrogen-bond acceptors (Lipinski definition) is 6. The van der Waals surface area contributed by atoms with E-state index >= 15 is 0 Å². The Bertz CT molecular complexity index is 1220. The number of pyridine rings is 1. The van der Waals surface area contributed by atoms with Gasteiger partial charge >= 0.3 is 12.1 Å². The fourth-order valence-corrected chi connectivity index (χ4v) is 2.82. The van der Waals surface area contributed by atoms with Crippen LogP contribution in [0.5, 0.6) is 0 Å². The average molecular weight is 456 g/mol. The lowest BCUT2D eigenvalue weighted by Gasteiger charge is -2.13. The van der Waals surface area contributed by atoms with Crippen LogP contribution in [0.4, 0.5) is 19.0 Å². The highest BCUT2D eigenvalue weighted by Gasteiger charge is 2.38. The van der Waals surface area contributed by atoms with Gasteiger partial charge in [0.05, 0.1) is 17.3 Å². The Morgan fingerprint density at radius 1 is 0.970 bits per heavy atom. The predicted molar refractivity (Wildman–Crippen MR) is 116 cm³/mol. The molecule has 2 heterocycles. The predicted octanol–water partition coefficient (Wildman–Crippen LogP) is 4.47. The van der Waals surface area contributed by atoms with Crippen LogP contribution in [0.1, 0.15) is 11.7 Å². The van der Waals surface area contributed by atoms with Crippen molar-refractivity contribution in [2.45, 2.75) is 12.3 Å². The van der Waals surface area contributed by atoms with E-state index in [9.17, 15) is 18.3 Å². The molecule has 3 N–H and O–H groups in total. The zero-order chi connectivity index (χ0) is 23.8. The monoisotopic (exact) mass is 456 g/mol. The Balaban J connectivity index is 0.000000383. The van der Waals surface area contributed by atoms with Gasteiger partial charge in [-0.05, 0) is 17.7 Å². The summed E-state index contributed by atoms with van der Waals surface area (Å²) in [5.41, 5.74) is 3.54. The standard InChI is InChI=1S/C21H18N4O.C2HF3O2/c26-20(15-6-2-1-3-7-15)13-23-21-11-19(24-14-25-21)17-10-16-8-4-5-9-18(16)22-12-17;3-2(4,5)1(6)7/h1-12,14,20,26H,13H2,(H,23,24,25);(H,6,7)/t20-;/m0./s1. The van der Waals surface area contributed by atoms with Gasteiger partial charge in [-0.1, -0.05) is 48.5 Å². The molecule has 0 amide bonds. The summed E-state index contributed by atoms with van der Waals surface area (Å²) in [5, 5.41) is 21.6. The van der Waals surface area contributed by atoms with E-state index in [1.54, 1.807) is 0 Å². The number of rotatable bonds is 5. The molecule has 33 heavy (non-hydrogen) atoms. The van der Waals surface area contributed by atoms with E-state index in [1.807, 2.05) is 66.9 Å². The first kappa shape index (κ1) is 23.6. The lowest BCUT2D eigenvalue weighted by Crippen LogP contribution is -2.21. The van der Waals surface area contributed by atoms with E-state index in [2.05, 4.69) is 26.3 Å². The van der Waals surface area contributed by atoms with Crippen molar-refractivity contribution >= 4 is 22.7 Å². The maximum Gasteiger partial charge on any atom is 0.490 e. The van der Waals surface area contributed by atoms with Crippen LogP contribution in [0.15, 0.2) is 79.3 Å². The fourth-order valence-electron chi connectivity index (χ4n) is 2.82. The number of aromatic nitrogens is 3. The number of halogens is 3. The summed E-state index contributed by atoms with van der Waals surface area (Å²) < 4.78 is 31.7. The van der Waals surface area contributed by atoms with Crippen LogP contribution >= 0.6 is 0 Å². The molecule has 0 aliphatic heterocycles. The van der Waals surface area contributed by atoms with Gasteiger partial charge in [0.25, 0.3) is 0 Å². The van der Waals surface area contributed by atoms with Crippen molar-refractivity contribution in [3.8, 4) is 11.3 Å². The molecule has 2 aromatic carbocycles. The van der Waals surface area contributed by atoms with E-state index in [1.165, 1.54) is 6.33 Å². The van der Waals surface area contributed by atoms with Gasteiger partial charge in [-0.3, -0.25) is 4.98 Å². The van der Waals surface area contributed by atoms with Gasteiger partial charge in [0.1, 0.15) is 12.1 Å². The summed E-state index contributed by atoms with van der Waals surface area (Å²) in [7, 11) is 0. The van der Waals surface area contributed by atoms with Crippen LogP contribution in [0.3, 0.4) is 0 Å². The molecule has 0 bridgehead atoms. The van der Waals surface area contributed by atoms with Crippen LogP contribution in [-0.4, -0.2) is 43.9 Å². The highest BCUT2D eigenvalue weighted by Crippen LogP contribution is 2.22. The molecule has 2 aromatic heterocycles. The third-order valence-electron chi connectivity index (χ3n) is 4.46. The first-order chi connectivity index (χ1) is 15.7. The fraction of sp³-hybridized carbons (Fsp3) is 0.130. The van der Waals surface area contributed by atoms with E-state index in [0.29, 0.717) is 12.4 Å². The molecule has 170 valence electrons. The van der Waals surface area contributed by atoms with Crippen molar-refractivity contribution in [3.05, 3.63) is 84.8 Å². The Kier molecular flexibility index (Phi) is 7.52. The van der Waals surface area contributed by atoms with E-state index in [4.69, 9.17) is 9.90 Å². The van der Waals surface area contributed by atoms with Crippen molar-refractivity contribution in [2.75, 3.05) is 11.9 Å². The SMILES string of the molecule is O=C(O)C(F)(F)F.O[C@@H](CNc1cc(-c2cnc3ccccc3c2)ncn1)c1ccccc1. The summed E-state index contributed by atoms with van der Waals surface area (Å²) >= 11 is 0. The maximum absolute atomic E-state index is 10.6. The molecule has 0 fully saturated rings. The van der Waals surface area contributed by atoms with Gasteiger partial charge in [-0.2, -0.15) is 13.2 Å². The van der Waals surface area contributed by atoms with Crippen LogP contribution < -0.4 is 5.32 Å². The molecule has 0 radical (unpaired) electrons. The number of aliphatic carboxylic acids is 1. The van der Waals surface area contributed by atoms with Crippen molar-refractivity contribution in [1.29, 1.82) is 0 Å². The number of benzene rings is 2. The van der Waals surface area contributed by atoms with Gasteiger partial charge in [0.2, 0.25) is 0 Å². The van der Waals surface area contributed by atoms with Crippen LogP contribution in [0, 0.1) is 0 Å². The maximum atomic E-state index is 10.6. The average Bonchev–Trinajstić information content (AvgIpc) is 2.83. The molecule has 10 heteroatoms. The minimum atomic E-state index is -5.08. The summed E-state index contributed by atoms with van der Waals surface area (Å²) in [6.07, 6.45) is -2.35. The molecule has 0 spiro atoms. The quantitative estimate of drug-likeness (QED) is 0.407. The zero-order valence-corrected chi connectivity index (χ0v) is 17.1. The number of para-hydroxylation sites is 1. The summed E-state index contributed by atoms with van der Waals surface area (Å²) in [4.78, 5) is 22.0. The molecule has 4 aromatic rings. The molecule has 0 unspecified atom stereocenters. The lowest BCUT2D eigenvalue weighted by atomic mass is 10.1. The van der Waals surface area contributed by atoms with Crippen LogP contribution in [-0.2, 0) is 4.79 Å². The number of carbonyl (C=O) groups is 1. The molecular weight excluding hydrogens is 437 g/mol. The Hall–Kier alpha value is -4.05. The highest BCUT2D eigenvalue weighted by atomic mass is 19.4. The highest BCUT2D eigenvalue weighted by molar-refractivity contribution is 5.83. The third-order valence-corrected chi connectivity index (χ3v) is 4.46. The number of nitrogens with one attached hydrogen (secondary N) is 1. The lowest BCUT2D eigenvalue weighted by molar-refractivity contribution is -0.192. The van der Waals surface area contributed by atoms with Gasteiger partial charge in [0.15, 0.2) is 0 Å². The molecule has 4 rings (SSSR count). The zero-order valence-electron chi connectivity index (χ0n) is 17.1. The Morgan fingerprint density at radius 2 is 1.64 bits per heavy atom. The second kappa shape index (κ2) is 10.5. The molecule has 0 aliphatic carbocycles. The van der Waals surface area contributed by atoms with E-state index in [0.717, 1.165) is 27.7 Å². The van der Waals surface area contributed by atoms with Crippen molar-refractivity contribution in [2.24, 2.45) is 0 Å². The molecular formula is C23H19F3N4O3. The number of alkyl halides is 3. The van der Waals surface area contributed by atoms with Crippen molar-refractivity contribution < 1.29 is 28.2 Å². The largest absolute Gasteiger partial charge is 0.490 e. The number of anilines is 1. The van der Waals surface area contributed by atoms with Crippen molar-refractivity contribution in [3.63, 3.8) is 0 Å². The first-order valence-corrected chi connectivity index (χ1v) is 9.68. The number of hydrogen-bond donors (Lipinski definition) is 3. The normalized spacial score (nSPS) is 11.9. The van der Waals surface area contributed by atoms with Crippen molar-refractivity contribution in [1.82, 2.24) is 15.0 Å². The molecule has 0 saturated carbocycles. The number of nitrogens with zero attached hydrogens (tertiary/aromatic N) is 3. The van der Waals surface area contributed by atoms with Crippen LogP contribution in [0.25, 0.3) is 22.2 Å². The van der Waals surface area contributed by atoms with Gasteiger partial charge < -0.3 is 15.5 Å². The second-order valence-corrected chi connectivity index (χ2v) is 6.82. The molecule has 0 saturated heterocycles. The number of carboxylic acid groups (broad SMARTS) is 1. The number of fused-ring (bicyclic) bond motifs is 1. The summed E-state index contributed by atoms with van der Waals surface area (Å²) in [6, 6.07) is 21.5. The van der Waals surface area contributed by atoms with Gasteiger partial charge in [-0.15, -0.1) is 0 Å². The Labute approximate surface area is 186 Å². The molecule has 7 nitrogen and oxygen atoms in total. The summed E-state index contributed by atoms with van der Waals surface area (Å²) in [6.45, 7) is 0.371. The molecule has 1 atom stereocenters. The van der Waals surface area contributed by atoms with Gasteiger partial charge in [0, 0.05) is 29.8 Å². The smallest absolute Gasteiger partial charge is 0.475 e.